The fraction of sp³-hybridized carbons (Fsp3) is 0.125. The summed E-state index contributed by atoms with van der Waals surface area (Å²) < 4.78 is 0. The second-order valence-corrected chi connectivity index (χ2v) is 8.07. The van der Waals surface area contributed by atoms with Crippen LogP contribution >= 0.6 is 11.3 Å². The molecular weight excluding hydrogens is 394 g/mol. The van der Waals surface area contributed by atoms with E-state index in [1.165, 1.54) is 4.90 Å². The standard InChI is InChI=1S/C24H21N3O2S/c1-16-9-11-17(12-10-16)25-23(28)15-27(2)24(29)19-14-21(22-8-5-13-30-22)26-20-7-4-3-6-18(19)20/h3-14H,15H2,1-2H3,(H,25,28). The number of anilines is 1. The number of para-hydroxylation sites is 1. The van der Waals surface area contributed by atoms with Crippen LogP contribution in [0, 0.1) is 6.92 Å². The predicted molar refractivity (Wildman–Crippen MR) is 122 cm³/mol. The van der Waals surface area contributed by atoms with Crippen molar-refractivity contribution in [1.82, 2.24) is 9.88 Å². The van der Waals surface area contributed by atoms with Gasteiger partial charge in [0.1, 0.15) is 0 Å². The molecule has 2 amide bonds. The van der Waals surface area contributed by atoms with Crippen LogP contribution in [-0.2, 0) is 4.79 Å². The van der Waals surface area contributed by atoms with Gasteiger partial charge in [0.25, 0.3) is 5.91 Å². The predicted octanol–water partition coefficient (Wildman–Crippen LogP) is 4.98. The van der Waals surface area contributed by atoms with Gasteiger partial charge < -0.3 is 10.2 Å². The molecule has 5 nitrogen and oxygen atoms in total. The molecule has 0 spiro atoms. The highest BCUT2D eigenvalue weighted by Gasteiger charge is 2.19. The van der Waals surface area contributed by atoms with E-state index in [0.717, 1.165) is 27.0 Å². The molecule has 0 saturated carbocycles. The van der Waals surface area contributed by atoms with Crippen molar-refractivity contribution in [1.29, 1.82) is 0 Å². The Morgan fingerprint density at radius 1 is 1.03 bits per heavy atom. The third-order valence-corrected chi connectivity index (χ3v) is 5.68. The van der Waals surface area contributed by atoms with Crippen molar-refractivity contribution in [2.75, 3.05) is 18.9 Å². The molecule has 4 aromatic rings. The highest BCUT2D eigenvalue weighted by Crippen LogP contribution is 2.28. The van der Waals surface area contributed by atoms with Crippen LogP contribution in [0.1, 0.15) is 15.9 Å². The lowest BCUT2D eigenvalue weighted by Gasteiger charge is -2.18. The summed E-state index contributed by atoms with van der Waals surface area (Å²) >= 11 is 1.57. The maximum Gasteiger partial charge on any atom is 0.254 e. The SMILES string of the molecule is Cc1ccc(NC(=O)CN(C)C(=O)c2cc(-c3cccs3)nc3ccccc23)cc1. The van der Waals surface area contributed by atoms with Gasteiger partial charge in [-0.2, -0.15) is 0 Å². The summed E-state index contributed by atoms with van der Waals surface area (Å²) in [5, 5.41) is 5.59. The zero-order valence-corrected chi connectivity index (χ0v) is 17.6. The van der Waals surface area contributed by atoms with E-state index in [-0.39, 0.29) is 18.4 Å². The van der Waals surface area contributed by atoms with Gasteiger partial charge in [0.2, 0.25) is 5.91 Å². The topological polar surface area (TPSA) is 62.3 Å². The monoisotopic (exact) mass is 415 g/mol. The second kappa shape index (κ2) is 8.47. The third-order valence-electron chi connectivity index (χ3n) is 4.78. The van der Waals surface area contributed by atoms with Gasteiger partial charge in [-0.3, -0.25) is 9.59 Å². The number of rotatable bonds is 5. The van der Waals surface area contributed by atoms with Crippen LogP contribution in [0.3, 0.4) is 0 Å². The normalized spacial score (nSPS) is 10.7. The van der Waals surface area contributed by atoms with E-state index >= 15 is 0 Å². The van der Waals surface area contributed by atoms with Crippen LogP contribution in [-0.4, -0.2) is 35.3 Å². The van der Waals surface area contributed by atoms with Gasteiger partial charge in [0.05, 0.1) is 28.2 Å². The molecule has 0 saturated heterocycles. The first-order valence-electron chi connectivity index (χ1n) is 9.57. The first kappa shape index (κ1) is 19.8. The van der Waals surface area contributed by atoms with Gasteiger partial charge in [0, 0.05) is 18.1 Å². The van der Waals surface area contributed by atoms with E-state index in [1.54, 1.807) is 18.4 Å². The molecular formula is C24H21N3O2S. The Morgan fingerprint density at radius 2 is 1.80 bits per heavy atom. The summed E-state index contributed by atoms with van der Waals surface area (Å²) in [4.78, 5) is 32.8. The van der Waals surface area contributed by atoms with Crippen LogP contribution in [0.5, 0.6) is 0 Å². The second-order valence-electron chi connectivity index (χ2n) is 7.12. The van der Waals surface area contributed by atoms with E-state index in [0.29, 0.717) is 11.3 Å². The molecule has 2 heterocycles. The van der Waals surface area contributed by atoms with Crippen LogP contribution < -0.4 is 5.32 Å². The molecule has 6 heteroatoms. The van der Waals surface area contributed by atoms with Gasteiger partial charge >= 0.3 is 0 Å². The fourth-order valence-electron chi connectivity index (χ4n) is 3.23. The fourth-order valence-corrected chi connectivity index (χ4v) is 3.92. The number of benzene rings is 2. The van der Waals surface area contributed by atoms with Gasteiger partial charge in [-0.1, -0.05) is 42.0 Å². The number of thiophene rings is 1. The molecule has 2 aromatic heterocycles. The highest BCUT2D eigenvalue weighted by atomic mass is 32.1. The number of pyridine rings is 1. The van der Waals surface area contributed by atoms with Gasteiger partial charge in [0.15, 0.2) is 0 Å². The largest absolute Gasteiger partial charge is 0.332 e. The molecule has 0 unspecified atom stereocenters. The summed E-state index contributed by atoms with van der Waals surface area (Å²) in [6, 6.07) is 20.9. The molecule has 2 aromatic carbocycles. The van der Waals surface area contributed by atoms with Crippen LogP contribution in [0.25, 0.3) is 21.5 Å². The molecule has 150 valence electrons. The third kappa shape index (κ3) is 4.23. The van der Waals surface area contributed by atoms with Gasteiger partial charge in [-0.05, 0) is 42.6 Å². The molecule has 4 rings (SSSR count). The van der Waals surface area contributed by atoms with Gasteiger partial charge in [-0.15, -0.1) is 11.3 Å². The van der Waals surface area contributed by atoms with Crippen LogP contribution in [0.2, 0.25) is 0 Å². The Bertz CT molecular complexity index is 1200. The number of likely N-dealkylation sites (N-methyl/N-ethyl adjacent to an activating group) is 1. The lowest BCUT2D eigenvalue weighted by molar-refractivity contribution is -0.116. The maximum atomic E-state index is 13.2. The van der Waals surface area contributed by atoms with Crippen molar-refractivity contribution in [2.24, 2.45) is 0 Å². The Balaban J connectivity index is 1.58. The lowest BCUT2D eigenvalue weighted by Crippen LogP contribution is -2.35. The van der Waals surface area contributed by atoms with E-state index in [4.69, 9.17) is 4.98 Å². The summed E-state index contributed by atoms with van der Waals surface area (Å²) in [5.41, 5.74) is 3.87. The number of aryl methyl sites for hydroxylation is 1. The average molecular weight is 416 g/mol. The lowest BCUT2D eigenvalue weighted by atomic mass is 10.1. The minimum Gasteiger partial charge on any atom is -0.332 e. The summed E-state index contributed by atoms with van der Waals surface area (Å²) in [7, 11) is 1.64. The summed E-state index contributed by atoms with van der Waals surface area (Å²) in [5.74, 6) is -0.461. The quantitative estimate of drug-likeness (QED) is 0.500. The van der Waals surface area contributed by atoms with E-state index in [2.05, 4.69) is 5.32 Å². The number of aromatic nitrogens is 1. The minimum atomic E-state index is -0.244. The Hall–Kier alpha value is -3.51. The first-order chi connectivity index (χ1) is 14.5. The molecule has 1 N–H and O–H groups in total. The molecule has 0 aliphatic heterocycles. The van der Waals surface area contributed by atoms with E-state index in [1.807, 2.05) is 79.0 Å². The number of nitrogens with zero attached hydrogens (tertiary/aromatic N) is 2. The number of nitrogens with one attached hydrogen (secondary N) is 1. The Labute approximate surface area is 179 Å². The van der Waals surface area contributed by atoms with Crippen molar-refractivity contribution in [3.05, 3.63) is 83.2 Å². The molecule has 0 bridgehead atoms. The van der Waals surface area contributed by atoms with Crippen molar-refractivity contribution in [3.8, 4) is 10.6 Å². The van der Waals surface area contributed by atoms with Crippen molar-refractivity contribution >= 4 is 39.7 Å². The van der Waals surface area contributed by atoms with Crippen molar-refractivity contribution < 1.29 is 9.59 Å². The summed E-state index contributed by atoms with van der Waals surface area (Å²) in [6.45, 7) is 1.94. The zero-order chi connectivity index (χ0) is 21.1. The van der Waals surface area contributed by atoms with Crippen LogP contribution in [0.4, 0.5) is 5.69 Å². The molecule has 30 heavy (non-hydrogen) atoms. The highest BCUT2D eigenvalue weighted by molar-refractivity contribution is 7.13. The number of carbonyl (C=O) groups is 2. The molecule has 0 fully saturated rings. The Morgan fingerprint density at radius 3 is 2.53 bits per heavy atom. The average Bonchev–Trinajstić information content (AvgIpc) is 3.29. The number of amides is 2. The van der Waals surface area contributed by atoms with E-state index < -0.39 is 0 Å². The minimum absolute atomic E-state index is 0.0440. The molecule has 0 aliphatic rings. The van der Waals surface area contributed by atoms with Crippen LogP contribution in [0.15, 0.2) is 72.1 Å². The zero-order valence-electron chi connectivity index (χ0n) is 16.8. The smallest absolute Gasteiger partial charge is 0.254 e. The van der Waals surface area contributed by atoms with Crippen molar-refractivity contribution in [3.63, 3.8) is 0 Å². The van der Waals surface area contributed by atoms with Crippen molar-refractivity contribution in [2.45, 2.75) is 6.92 Å². The number of carbonyl (C=O) groups excluding carboxylic acids is 2. The number of hydrogen-bond donors (Lipinski definition) is 1. The van der Waals surface area contributed by atoms with Gasteiger partial charge in [-0.25, -0.2) is 4.98 Å². The Kier molecular flexibility index (Phi) is 5.59. The molecule has 0 atom stereocenters. The first-order valence-corrected chi connectivity index (χ1v) is 10.4. The molecule has 0 radical (unpaired) electrons. The number of fused-ring (bicyclic) bond motifs is 1. The van der Waals surface area contributed by atoms with E-state index in [9.17, 15) is 9.59 Å². The molecule has 0 aliphatic carbocycles. The number of hydrogen-bond acceptors (Lipinski definition) is 4. The maximum absolute atomic E-state index is 13.2. The summed E-state index contributed by atoms with van der Waals surface area (Å²) in [6.07, 6.45) is 0.